The number of hydrogen-bond donors (Lipinski definition) is 2. The number of hydrogen-bond acceptors (Lipinski definition) is 3. The first-order valence-electron chi connectivity index (χ1n) is 9.07. The Bertz CT molecular complexity index is 937. The predicted molar refractivity (Wildman–Crippen MR) is 97.4 cm³/mol. The third kappa shape index (κ3) is 4.21. The van der Waals surface area contributed by atoms with Crippen LogP contribution in [0.4, 0.5) is 13.2 Å². The average molecular weight is 394 g/mol. The molecule has 0 saturated carbocycles. The number of alkyl halides is 3. The molecule has 0 bridgehead atoms. The highest BCUT2D eigenvalue weighted by atomic mass is 19.4. The molecule has 0 aliphatic carbocycles. The number of nitrogens with one attached hydrogen (secondary N) is 2. The van der Waals surface area contributed by atoms with Crippen molar-refractivity contribution in [1.82, 2.24) is 10.3 Å². The molecule has 5 nitrogen and oxygen atoms in total. The largest absolute Gasteiger partial charge is 0.490 e. The van der Waals surface area contributed by atoms with Crippen molar-refractivity contribution >= 4 is 5.91 Å². The van der Waals surface area contributed by atoms with E-state index in [1.54, 1.807) is 4.98 Å². The van der Waals surface area contributed by atoms with E-state index in [4.69, 9.17) is 4.74 Å². The van der Waals surface area contributed by atoms with Crippen LogP contribution in [0.15, 0.2) is 35.1 Å². The summed E-state index contributed by atoms with van der Waals surface area (Å²) in [5.74, 6) is -0.0417. The SMILES string of the molecule is CCCC1CC(NC(=O)c2ccc(C(F)(F)F)[nH]c2=O)c2ccc(C)cc2O1. The lowest BCUT2D eigenvalue weighted by atomic mass is 9.93. The lowest BCUT2D eigenvalue weighted by molar-refractivity contribution is -0.141. The van der Waals surface area contributed by atoms with E-state index < -0.39 is 29.4 Å². The van der Waals surface area contributed by atoms with Crippen molar-refractivity contribution in [1.29, 1.82) is 0 Å². The number of H-pyrrole nitrogens is 1. The lowest BCUT2D eigenvalue weighted by Crippen LogP contribution is -2.38. The van der Waals surface area contributed by atoms with Crippen molar-refractivity contribution in [2.75, 3.05) is 0 Å². The van der Waals surface area contributed by atoms with Crippen molar-refractivity contribution in [3.63, 3.8) is 0 Å². The molecule has 1 aromatic carbocycles. The van der Waals surface area contributed by atoms with Gasteiger partial charge in [-0.2, -0.15) is 13.2 Å². The summed E-state index contributed by atoms with van der Waals surface area (Å²) in [6.45, 7) is 3.97. The first-order valence-corrected chi connectivity index (χ1v) is 9.07. The van der Waals surface area contributed by atoms with Gasteiger partial charge in [-0.05, 0) is 37.1 Å². The van der Waals surface area contributed by atoms with Crippen LogP contribution >= 0.6 is 0 Å². The number of ether oxygens (including phenoxy) is 1. The first-order chi connectivity index (χ1) is 13.2. The van der Waals surface area contributed by atoms with Gasteiger partial charge in [0.05, 0.1) is 6.04 Å². The molecule has 1 aromatic heterocycles. The summed E-state index contributed by atoms with van der Waals surface area (Å²) in [7, 11) is 0. The second-order valence-corrected chi connectivity index (χ2v) is 6.94. The van der Waals surface area contributed by atoms with E-state index in [9.17, 15) is 22.8 Å². The summed E-state index contributed by atoms with van der Waals surface area (Å²) in [5, 5.41) is 2.78. The van der Waals surface area contributed by atoms with E-state index >= 15 is 0 Å². The van der Waals surface area contributed by atoms with Crippen molar-refractivity contribution < 1.29 is 22.7 Å². The number of halogens is 3. The molecule has 8 heteroatoms. The van der Waals surface area contributed by atoms with Crippen LogP contribution in [0.2, 0.25) is 0 Å². The molecule has 3 rings (SSSR count). The fourth-order valence-electron chi connectivity index (χ4n) is 3.34. The Morgan fingerprint density at radius 2 is 2.04 bits per heavy atom. The summed E-state index contributed by atoms with van der Waals surface area (Å²) in [5.41, 5.74) is -0.826. The Hall–Kier alpha value is -2.77. The van der Waals surface area contributed by atoms with Crippen molar-refractivity contribution in [3.05, 3.63) is 63.1 Å². The van der Waals surface area contributed by atoms with Gasteiger partial charge in [-0.15, -0.1) is 0 Å². The molecule has 0 fully saturated rings. The molecule has 150 valence electrons. The molecular weight excluding hydrogens is 373 g/mol. The van der Waals surface area contributed by atoms with Crippen molar-refractivity contribution in [3.8, 4) is 5.75 Å². The number of carbonyl (C=O) groups is 1. The number of pyridine rings is 1. The van der Waals surface area contributed by atoms with E-state index in [2.05, 4.69) is 5.32 Å². The Kier molecular flexibility index (Phi) is 5.49. The monoisotopic (exact) mass is 394 g/mol. The fourth-order valence-corrected chi connectivity index (χ4v) is 3.34. The van der Waals surface area contributed by atoms with Gasteiger partial charge in [0.1, 0.15) is 23.1 Å². The average Bonchev–Trinajstić information content (AvgIpc) is 2.60. The van der Waals surface area contributed by atoms with E-state index in [1.807, 2.05) is 32.0 Å². The summed E-state index contributed by atoms with van der Waals surface area (Å²) < 4.78 is 44.1. The van der Waals surface area contributed by atoms with Crippen molar-refractivity contribution in [2.24, 2.45) is 0 Å². The Morgan fingerprint density at radius 3 is 2.68 bits per heavy atom. The van der Waals surface area contributed by atoms with Crippen LogP contribution in [0.25, 0.3) is 0 Å². The van der Waals surface area contributed by atoms with Gasteiger partial charge in [0, 0.05) is 12.0 Å². The van der Waals surface area contributed by atoms with E-state index in [0.717, 1.165) is 30.0 Å². The van der Waals surface area contributed by atoms with Gasteiger partial charge in [-0.25, -0.2) is 0 Å². The second-order valence-electron chi connectivity index (χ2n) is 6.94. The molecule has 2 atom stereocenters. The number of benzene rings is 1. The van der Waals surface area contributed by atoms with Crippen LogP contribution in [0.5, 0.6) is 5.75 Å². The molecule has 1 aliphatic rings. The van der Waals surface area contributed by atoms with Crippen LogP contribution < -0.4 is 15.6 Å². The minimum absolute atomic E-state index is 0.0875. The first kappa shape index (κ1) is 20.0. The maximum absolute atomic E-state index is 12.7. The minimum Gasteiger partial charge on any atom is -0.490 e. The van der Waals surface area contributed by atoms with Gasteiger partial charge < -0.3 is 15.0 Å². The summed E-state index contributed by atoms with van der Waals surface area (Å²) in [4.78, 5) is 26.3. The molecule has 28 heavy (non-hydrogen) atoms. The van der Waals surface area contributed by atoms with Gasteiger partial charge in [0.2, 0.25) is 0 Å². The molecule has 0 radical (unpaired) electrons. The number of rotatable bonds is 4. The standard InChI is InChI=1S/C20H21F3N2O3/c1-3-4-12-10-15(13-6-5-11(2)9-16(13)28-12)24-18(26)14-7-8-17(20(21,22)23)25-19(14)27/h5-9,12,15H,3-4,10H2,1-2H3,(H,24,26)(H,25,27). The number of aromatic amines is 1. The van der Waals surface area contributed by atoms with Crippen LogP contribution in [0, 0.1) is 6.92 Å². The van der Waals surface area contributed by atoms with Crippen LogP contribution in [-0.4, -0.2) is 17.0 Å². The van der Waals surface area contributed by atoms with Gasteiger partial charge in [0.15, 0.2) is 0 Å². The maximum atomic E-state index is 12.7. The smallest absolute Gasteiger partial charge is 0.431 e. The van der Waals surface area contributed by atoms with E-state index in [1.165, 1.54) is 0 Å². The normalized spacial score (nSPS) is 18.9. The summed E-state index contributed by atoms with van der Waals surface area (Å²) in [6.07, 6.45) is -2.53. The number of aryl methyl sites for hydroxylation is 1. The van der Waals surface area contributed by atoms with E-state index in [0.29, 0.717) is 18.2 Å². The molecule has 0 saturated heterocycles. The van der Waals surface area contributed by atoms with Crippen LogP contribution in [-0.2, 0) is 6.18 Å². The third-order valence-electron chi connectivity index (χ3n) is 4.71. The van der Waals surface area contributed by atoms with Crippen LogP contribution in [0.3, 0.4) is 0 Å². The number of amides is 1. The number of fused-ring (bicyclic) bond motifs is 1. The molecular formula is C20H21F3N2O3. The lowest BCUT2D eigenvalue weighted by Gasteiger charge is -2.33. The fraction of sp³-hybridized carbons (Fsp3) is 0.400. The Labute approximate surface area is 159 Å². The van der Waals surface area contributed by atoms with Crippen LogP contribution in [0.1, 0.15) is 59.4 Å². The Morgan fingerprint density at radius 1 is 1.29 bits per heavy atom. The van der Waals surface area contributed by atoms with Gasteiger partial charge in [-0.3, -0.25) is 9.59 Å². The predicted octanol–water partition coefficient (Wildman–Crippen LogP) is 4.12. The Balaban J connectivity index is 1.86. The maximum Gasteiger partial charge on any atom is 0.431 e. The third-order valence-corrected chi connectivity index (χ3v) is 4.71. The highest BCUT2D eigenvalue weighted by Gasteiger charge is 2.33. The molecule has 2 unspecified atom stereocenters. The highest BCUT2D eigenvalue weighted by molar-refractivity contribution is 5.94. The zero-order valence-corrected chi connectivity index (χ0v) is 15.5. The van der Waals surface area contributed by atoms with Gasteiger partial charge in [-0.1, -0.05) is 25.5 Å². The zero-order chi connectivity index (χ0) is 20.5. The van der Waals surface area contributed by atoms with Gasteiger partial charge >= 0.3 is 6.18 Å². The minimum atomic E-state index is -4.68. The topological polar surface area (TPSA) is 71.2 Å². The zero-order valence-electron chi connectivity index (χ0n) is 15.5. The number of carbonyl (C=O) groups excluding carboxylic acids is 1. The number of aromatic nitrogens is 1. The van der Waals surface area contributed by atoms with Crippen molar-refractivity contribution in [2.45, 2.75) is 51.4 Å². The molecule has 2 N–H and O–H groups in total. The van der Waals surface area contributed by atoms with Gasteiger partial charge in [0.25, 0.3) is 11.5 Å². The quantitative estimate of drug-likeness (QED) is 0.819. The molecule has 2 aromatic rings. The summed E-state index contributed by atoms with van der Waals surface area (Å²) in [6, 6.07) is 6.84. The molecule has 1 amide bonds. The second kappa shape index (κ2) is 7.69. The molecule has 1 aliphatic heterocycles. The highest BCUT2D eigenvalue weighted by Crippen LogP contribution is 2.36. The van der Waals surface area contributed by atoms with E-state index in [-0.39, 0.29) is 11.7 Å². The molecule has 0 spiro atoms. The molecule has 2 heterocycles. The summed E-state index contributed by atoms with van der Waals surface area (Å²) >= 11 is 0.